The molecule has 0 aromatic rings. The molecule has 1 N–H and O–H groups in total. The standard InChI is InChI=1S/C17H33NO/c1-3-5-13-19-17(14-18-16-7-8-16)11-9-15(6-4-2)10-12-17/h15-16,18H,3-14H2,1-2H3. The van der Waals surface area contributed by atoms with Crippen LogP contribution in [0.5, 0.6) is 0 Å². The average Bonchev–Trinajstić information content (AvgIpc) is 3.24. The highest BCUT2D eigenvalue weighted by molar-refractivity contribution is 4.92. The normalized spacial score (nSPS) is 31.6. The maximum Gasteiger partial charge on any atom is 0.0806 e. The van der Waals surface area contributed by atoms with Crippen molar-refractivity contribution in [2.75, 3.05) is 13.2 Å². The van der Waals surface area contributed by atoms with Crippen molar-refractivity contribution in [1.82, 2.24) is 5.32 Å². The molecule has 0 radical (unpaired) electrons. The quantitative estimate of drug-likeness (QED) is 0.629. The fourth-order valence-corrected chi connectivity index (χ4v) is 3.32. The lowest BCUT2D eigenvalue weighted by Gasteiger charge is -2.40. The molecule has 0 aromatic carbocycles. The minimum absolute atomic E-state index is 0.169. The van der Waals surface area contributed by atoms with Gasteiger partial charge in [-0.1, -0.05) is 33.1 Å². The number of ether oxygens (including phenoxy) is 1. The monoisotopic (exact) mass is 267 g/mol. The Morgan fingerprint density at radius 1 is 1.05 bits per heavy atom. The number of nitrogens with one attached hydrogen (secondary N) is 1. The van der Waals surface area contributed by atoms with Gasteiger partial charge in [0.05, 0.1) is 5.60 Å². The van der Waals surface area contributed by atoms with Crippen LogP contribution in [0, 0.1) is 5.92 Å². The predicted molar refractivity (Wildman–Crippen MR) is 81.5 cm³/mol. The third-order valence-corrected chi connectivity index (χ3v) is 4.91. The van der Waals surface area contributed by atoms with Crippen LogP contribution in [0.4, 0.5) is 0 Å². The molecule has 0 aliphatic heterocycles. The van der Waals surface area contributed by atoms with E-state index >= 15 is 0 Å². The Balaban J connectivity index is 1.79. The summed E-state index contributed by atoms with van der Waals surface area (Å²) in [4.78, 5) is 0. The first-order valence-corrected chi connectivity index (χ1v) is 8.65. The van der Waals surface area contributed by atoms with Crippen molar-refractivity contribution < 1.29 is 4.74 Å². The van der Waals surface area contributed by atoms with E-state index in [4.69, 9.17) is 4.74 Å². The first-order valence-electron chi connectivity index (χ1n) is 8.65. The van der Waals surface area contributed by atoms with E-state index in [1.807, 2.05) is 0 Å². The Morgan fingerprint density at radius 3 is 2.37 bits per heavy atom. The van der Waals surface area contributed by atoms with Crippen LogP contribution in [0.15, 0.2) is 0 Å². The van der Waals surface area contributed by atoms with E-state index in [-0.39, 0.29) is 5.60 Å². The van der Waals surface area contributed by atoms with Crippen LogP contribution in [0.1, 0.15) is 78.1 Å². The molecule has 2 heteroatoms. The summed E-state index contributed by atoms with van der Waals surface area (Å²) in [6.07, 6.45) is 13.3. The van der Waals surface area contributed by atoms with Gasteiger partial charge in [0.25, 0.3) is 0 Å². The summed E-state index contributed by atoms with van der Waals surface area (Å²) < 4.78 is 6.35. The minimum Gasteiger partial charge on any atom is -0.374 e. The van der Waals surface area contributed by atoms with Crippen molar-refractivity contribution >= 4 is 0 Å². The highest BCUT2D eigenvalue weighted by Crippen LogP contribution is 2.37. The van der Waals surface area contributed by atoms with Crippen LogP contribution in [-0.4, -0.2) is 24.8 Å². The summed E-state index contributed by atoms with van der Waals surface area (Å²) in [7, 11) is 0. The summed E-state index contributed by atoms with van der Waals surface area (Å²) in [6, 6.07) is 0.806. The Hall–Kier alpha value is -0.0800. The van der Waals surface area contributed by atoms with Crippen molar-refractivity contribution in [3.05, 3.63) is 0 Å². The van der Waals surface area contributed by atoms with E-state index in [0.29, 0.717) is 0 Å². The summed E-state index contributed by atoms with van der Waals surface area (Å²) >= 11 is 0. The molecule has 0 bridgehead atoms. The number of hydrogen-bond donors (Lipinski definition) is 1. The molecule has 0 aromatic heterocycles. The van der Waals surface area contributed by atoms with Crippen LogP contribution in [0.2, 0.25) is 0 Å². The number of rotatable bonds is 9. The van der Waals surface area contributed by atoms with E-state index in [0.717, 1.165) is 25.1 Å². The maximum absolute atomic E-state index is 6.35. The zero-order valence-electron chi connectivity index (χ0n) is 13.0. The van der Waals surface area contributed by atoms with Crippen molar-refractivity contribution in [2.24, 2.45) is 5.92 Å². The first kappa shape index (κ1) is 15.3. The molecule has 2 aliphatic rings. The fraction of sp³-hybridized carbons (Fsp3) is 1.00. The average molecular weight is 267 g/mol. The fourth-order valence-electron chi connectivity index (χ4n) is 3.32. The third-order valence-electron chi connectivity index (χ3n) is 4.91. The topological polar surface area (TPSA) is 21.3 Å². The van der Waals surface area contributed by atoms with E-state index in [2.05, 4.69) is 19.2 Å². The van der Waals surface area contributed by atoms with Gasteiger partial charge in [-0.05, 0) is 50.9 Å². The highest BCUT2D eigenvalue weighted by atomic mass is 16.5. The van der Waals surface area contributed by atoms with Gasteiger partial charge < -0.3 is 10.1 Å². The van der Waals surface area contributed by atoms with Crippen LogP contribution in [0.3, 0.4) is 0 Å². The van der Waals surface area contributed by atoms with Crippen LogP contribution in [-0.2, 0) is 4.74 Å². The summed E-state index contributed by atoms with van der Waals surface area (Å²) in [5.41, 5.74) is 0.169. The second-order valence-corrected chi connectivity index (χ2v) is 6.77. The Bertz CT molecular complexity index is 242. The summed E-state index contributed by atoms with van der Waals surface area (Å²) in [5, 5.41) is 3.72. The van der Waals surface area contributed by atoms with Gasteiger partial charge in [-0.2, -0.15) is 0 Å². The van der Waals surface area contributed by atoms with Crippen molar-refractivity contribution in [2.45, 2.75) is 89.7 Å². The Kier molecular flexibility index (Phi) is 6.15. The summed E-state index contributed by atoms with van der Waals surface area (Å²) in [6.45, 7) is 6.62. The SMILES string of the molecule is CCCCOC1(CNC2CC2)CCC(CCC)CC1. The van der Waals surface area contributed by atoms with Gasteiger partial charge in [-0.3, -0.25) is 0 Å². The molecule has 2 saturated carbocycles. The molecular formula is C17H33NO. The highest BCUT2D eigenvalue weighted by Gasteiger charge is 2.37. The van der Waals surface area contributed by atoms with E-state index in [1.165, 1.54) is 64.2 Å². The zero-order chi connectivity index (χ0) is 13.6. The molecule has 0 saturated heterocycles. The smallest absolute Gasteiger partial charge is 0.0806 e. The van der Waals surface area contributed by atoms with Gasteiger partial charge in [0.1, 0.15) is 0 Å². The molecule has 0 amide bonds. The lowest BCUT2D eigenvalue weighted by molar-refractivity contribution is -0.0779. The second-order valence-electron chi connectivity index (χ2n) is 6.77. The molecule has 0 atom stereocenters. The summed E-state index contributed by atoms with van der Waals surface area (Å²) in [5.74, 6) is 0.967. The Morgan fingerprint density at radius 2 is 1.79 bits per heavy atom. The van der Waals surface area contributed by atoms with Gasteiger partial charge in [0.2, 0.25) is 0 Å². The maximum atomic E-state index is 6.35. The first-order chi connectivity index (χ1) is 9.28. The van der Waals surface area contributed by atoms with Gasteiger partial charge >= 0.3 is 0 Å². The van der Waals surface area contributed by atoms with Gasteiger partial charge in [-0.25, -0.2) is 0 Å². The van der Waals surface area contributed by atoms with E-state index in [9.17, 15) is 0 Å². The molecule has 2 aliphatic carbocycles. The molecule has 0 unspecified atom stereocenters. The van der Waals surface area contributed by atoms with Gasteiger partial charge in [-0.15, -0.1) is 0 Å². The number of hydrogen-bond acceptors (Lipinski definition) is 2. The molecule has 19 heavy (non-hydrogen) atoms. The lowest BCUT2D eigenvalue weighted by Crippen LogP contribution is -2.46. The second kappa shape index (κ2) is 7.64. The van der Waals surface area contributed by atoms with Crippen molar-refractivity contribution in [3.63, 3.8) is 0 Å². The number of unbranched alkanes of at least 4 members (excludes halogenated alkanes) is 1. The Labute approximate surface area is 119 Å². The molecular weight excluding hydrogens is 234 g/mol. The molecule has 2 fully saturated rings. The zero-order valence-corrected chi connectivity index (χ0v) is 13.0. The van der Waals surface area contributed by atoms with Gasteiger partial charge in [0, 0.05) is 19.2 Å². The third kappa shape index (κ3) is 5.07. The van der Waals surface area contributed by atoms with Crippen LogP contribution >= 0.6 is 0 Å². The van der Waals surface area contributed by atoms with Crippen LogP contribution in [0.25, 0.3) is 0 Å². The van der Waals surface area contributed by atoms with E-state index < -0.39 is 0 Å². The molecule has 0 spiro atoms. The largest absolute Gasteiger partial charge is 0.374 e. The molecule has 112 valence electrons. The molecule has 0 heterocycles. The minimum atomic E-state index is 0.169. The predicted octanol–water partition coefficient (Wildman–Crippen LogP) is 4.28. The molecule has 2 nitrogen and oxygen atoms in total. The lowest BCUT2D eigenvalue weighted by atomic mass is 9.77. The van der Waals surface area contributed by atoms with Gasteiger partial charge in [0.15, 0.2) is 0 Å². The van der Waals surface area contributed by atoms with Crippen molar-refractivity contribution in [3.8, 4) is 0 Å². The van der Waals surface area contributed by atoms with Crippen LogP contribution < -0.4 is 5.32 Å². The van der Waals surface area contributed by atoms with Crippen molar-refractivity contribution in [1.29, 1.82) is 0 Å². The van der Waals surface area contributed by atoms with E-state index in [1.54, 1.807) is 0 Å². The molecule has 2 rings (SSSR count).